The van der Waals surface area contributed by atoms with Crippen LogP contribution in [0.25, 0.3) is 0 Å². The minimum atomic E-state index is -4.53. The number of fused-ring (bicyclic) bond motifs is 1. The number of halogens is 4. The van der Waals surface area contributed by atoms with Gasteiger partial charge in [-0.05, 0) is 36.8 Å². The van der Waals surface area contributed by atoms with Gasteiger partial charge < -0.3 is 21.3 Å². The maximum absolute atomic E-state index is 13.0. The average Bonchev–Trinajstić information content (AvgIpc) is 2.93. The van der Waals surface area contributed by atoms with Gasteiger partial charge in [-0.25, -0.2) is 0 Å². The molecule has 35 heavy (non-hydrogen) atoms. The first-order valence-electron chi connectivity index (χ1n) is 10.5. The molecule has 0 spiro atoms. The molecule has 1 heterocycles. The highest BCUT2D eigenvalue weighted by Crippen LogP contribution is 2.39. The molecule has 0 aliphatic carbocycles. The Balaban J connectivity index is 1.93. The van der Waals surface area contributed by atoms with Crippen molar-refractivity contribution in [3.05, 3.63) is 53.1 Å². The van der Waals surface area contributed by atoms with Gasteiger partial charge in [0.15, 0.2) is 0 Å². The Labute approximate surface area is 203 Å². The predicted octanol–water partition coefficient (Wildman–Crippen LogP) is 3.62. The van der Waals surface area contributed by atoms with E-state index in [1.54, 1.807) is 47.4 Å². The third-order valence-corrected chi connectivity index (χ3v) is 5.73. The van der Waals surface area contributed by atoms with Gasteiger partial charge in [0.25, 0.3) is 0 Å². The zero-order valence-electron chi connectivity index (χ0n) is 18.2. The van der Waals surface area contributed by atoms with Gasteiger partial charge in [0.2, 0.25) is 17.7 Å². The van der Waals surface area contributed by atoms with Crippen LogP contribution in [0.3, 0.4) is 0 Å². The monoisotopic (exact) mass is 507 g/mol. The van der Waals surface area contributed by atoms with Crippen LogP contribution in [0.5, 0.6) is 0 Å². The molecule has 1 aliphatic heterocycles. The average molecular weight is 508 g/mol. The lowest BCUT2D eigenvalue weighted by molar-refractivity contribution is -0.143. The lowest BCUT2D eigenvalue weighted by atomic mass is 9.97. The molecule has 3 rings (SSSR count). The highest BCUT2D eigenvalue weighted by molar-refractivity contribution is 6.34. The summed E-state index contributed by atoms with van der Waals surface area (Å²) in [7, 11) is 0. The number of alkyl halides is 3. The molecule has 0 saturated carbocycles. The molecule has 0 radical (unpaired) electrons. The Morgan fingerprint density at radius 2 is 2.00 bits per heavy atom. The Hall–Kier alpha value is -3.78. The fourth-order valence-corrected chi connectivity index (χ4v) is 3.95. The summed E-state index contributed by atoms with van der Waals surface area (Å²) in [5, 5.41) is 14.6. The van der Waals surface area contributed by atoms with Gasteiger partial charge in [-0.2, -0.15) is 18.4 Å². The Kier molecular flexibility index (Phi) is 7.86. The lowest BCUT2D eigenvalue weighted by Gasteiger charge is -2.28. The van der Waals surface area contributed by atoms with Crippen molar-refractivity contribution in [3.8, 4) is 6.07 Å². The first kappa shape index (κ1) is 25.8. The van der Waals surface area contributed by atoms with Gasteiger partial charge in [-0.1, -0.05) is 23.7 Å². The van der Waals surface area contributed by atoms with Crippen molar-refractivity contribution in [2.24, 2.45) is 11.7 Å². The summed E-state index contributed by atoms with van der Waals surface area (Å²) in [6.07, 6.45) is -7.08. The largest absolute Gasteiger partial charge is 0.389 e. The van der Waals surface area contributed by atoms with Crippen LogP contribution >= 0.6 is 11.6 Å². The number of amides is 3. The van der Waals surface area contributed by atoms with Gasteiger partial charge in [-0.3, -0.25) is 14.4 Å². The lowest BCUT2D eigenvalue weighted by Crippen LogP contribution is -2.50. The number of benzene rings is 2. The van der Waals surface area contributed by atoms with Gasteiger partial charge in [0.05, 0.1) is 34.6 Å². The van der Waals surface area contributed by atoms with Crippen molar-refractivity contribution in [1.29, 1.82) is 5.26 Å². The zero-order valence-corrected chi connectivity index (χ0v) is 19.0. The van der Waals surface area contributed by atoms with Crippen molar-refractivity contribution in [2.75, 3.05) is 16.8 Å². The molecule has 3 amide bonds. The Morgan fingerprint density at radius 1 is 1.29 bits per heavy atom. The summed E-state index contributed by atoms with van der Waals surface area (Å²) in [4.78, 5) is 38.9. The number of nitrogens with zero attached hydrogens (tertiary/aromatic N) is 2. The van der Waals surface area contributed by atoms with Crippen molar-refractivity contribution in [1.82, 2.24) is 5.32 Å². The third-order valence-electron chi connectivity index (χ3n) is 5.41. The highest BCUT2D eigenvalue weighted by Gasteiger charge is 2.35. The van der Waals surface area contributed by atoms with Crippen LogP contribution in [0.4, 0.5) is 30.2 Å². The first-order chi connectivity index (χ1) is 16.5. The van der Waals surface area contributed by atoms with Crippen LogP contribution in [0, 0.1) is 17.2 Å². The molecule has 0 bridgehead atoms. The first-order valence-corrected chi connectivity index (χ1v) is 10.9. The number of para-hydroxylation sites is 1. The second kappa shape index (κ2) is 10.7. The summed E-state index contributed by atoms with van der Waals surface area (Å²) in [5.41, 5.74) is 6.76. The number of rotatable bonds is 7. The molecule has 4 N–H and O–H groups in total. The fraction of sp³-hybridized carbons (Fsp3) is 0.304. The summed E-state index contributed by atoms with van der Waals surface area (Å²) < 4.78 is 38.2. The molecule has 0 aromatic heterocycles. The number of nitrogens with one attached hydrogen (secondary N) is 2. The van der Waals surface area contributed by atoms with Crippen molar-refractivity contribution in [2.45, 2.75) is 31.5 Å². The number of hydrogen-bond acceptors (Lipinski definition) is 5. The predicted molar refractivity (Wildman–Crippen MR) is 123 cm³/mol. The number of carbonyl (C=O) groups is 3. The minimum absolute atomic E-state index is 0.123. The van der Waals surface area contributed by atoms with E-state index in [-0.39, 0.29) is 17.3 Å². The molecule has 2 unspecified atom stereocenters. The maximum Gasteiger partial charge on any atom is 0.389 e. The maximum atomic E-state index is 13.0. The van der Waals surface area contributed by atoms with Crippen LogP contribution < -0.4 is 21.3 Å². The minimum Gasteiger partial charge on any atom is -0.370 e. The number of hydrogen-bond donors (Lipinski definition) is 3. The standard InChI is InChI=1S/C23H21ClF3N5O3/c24-16-5-2-6-18-20(16)31-22(35)17(12-32(18)15-4-1-3-13(9-15)11-28)30-21(34)14(10-19(29)33)7-8-23(25,26)27/h1-6,9,14,17H,7-8,10,12H2,(H2,29,33)(H,30,34)(H,31,35). The van der Waals surface area contributed by atoms with Crippen LogP contribution in [-0.2, 0) is 14.4 Å². The highest BCUT2D eigenvalue weighted by atomic mass is 35.5. The van der Waals surface area contributed by atoms with E-state index in [1.165, 1.54) is 0 Å². The zero-order chi connectivity index (χ0) is 25.8. The SMILES string of the molecule is N#Cc1cccc(N2CC(NC(=O)C(CCC(F)(F)F)CC(N)=O)C(=O)Nc3c(Cl)cccc32)c1. The van der Waals surface area contributed by atoms with Gasteiger partial charge in [0, 0.05) is 24.4 Å². The number of nitriles is 1. The van der Waals surface area contributed by atoms with Crippen molar-refractivity contribution >= 4 is 46.4 Å². The van der Waals surface area contributed by atoms with Crippen LogP contribution in [0.2, 0.25) is 5.02 Å². The van der Waals surface area contributed by atoms with Crippen molar-refractivity contribution < 1.29 is 27.6 Å². The smallest absolute Gasteiger partial charge is 0.370 e. The van der Waals surface area contributed by atoms with E-state index in [0.29, 0.717) is 16.9 Å². The quantitative estimate of drug-likeness (QED) is 0.527. The normalized spacial score (nSPS) is 16.4. The fourth-order valence-electron chi connectivity index (χ4n) is 3.73. The van der Waals surface area contributed by atoms with Gasteiger partial charge in [0.1, 0.15) is 6.04 Å². The summed E-state index contributed by atoms with van der Waals surface area (Å²) in [6.45, 7) is -0.123. The molecular weight excluding hydrogens is 487 g/mol. The molecule has 12 heteroatoms. The molecule has 2 aromatic carbocycles. The molecule has 2 atom stereocenters. The molecule has 0 fully saturated rings. The second-order valence-electron chi connectivity index (χ2n) is 7.98. The Bertz CT molecular complexity index is 1180. The van der Waals surface area contributed by atoms with E-state index in [0.717, 1.165) is 0 Å². The summed E-state index contributed by atoms with van der Waals surface area (Å²) in [5.74, 6) is -3.87. The molecule has 8 nitrogen and oxygen atoms in total. The summed E-state index contributed by atoms with van der Waals surface area (Å²) in [6, 6.07) is 12.2. The number of carbonyl (C=O) groups excluding carboxylic acids is 3. The summed E-state index contributed by atoms with van der Waals surface area (Å²) >= 11 is 6.30. The number of primary amides is 1. The molecule has 2 aromatic rings. The van der Waals surface area contributed by atoms with E-state index in [2.05, 4.69) is 10.6 Å². The van der Waals surface area contributed by atoms with E-state index >= 15 is 0 Å². The van der Waals surface area contributed by atoms with E-state index in [4.69, 9.17) is 17.3 Å². The molecule has 0 saturated heterocycles. The molecular formula is C23H21ClF3N5O3. The van der Waals surface area contributed by atoms with Crippen LogP contribution in [0.1, 0.15) is 24.8 Å². The second-order valence-corrected chi connectivity index (χ2v) is 8.39. The van der Waals surface area contributed by atoms with E-state index in [1.807, 2.05) is 6.07 Å². The van der Waals surface area contributed by atoms with Gasteiger partial charge in [-0.15, -0.1) is 0 Å². The Morgan fingerprint density at radius 3 is 2.66 bits per heavy atom. The number of nitrogens with two attached hydrogens (primary N) is 1. The topological polar surface area (TPSA) is 128 Å². The molecule has 184 valence electrons. The van der Waals surface area contributed by atoms with E-state index in [9.17, 15) is 32.8 Å². The molecule has 1 aliphatic rings. The van der Waals surface area contributed by atoms with Crippen LogP contribution in [-0.4, -0.2) is 36.5 Å². The third kappa shape index (κ3) is 6.64. The van der Waals surface area contributed by atoms with E-state index < -0.39 is 55.1 Å². The van der Waals surface area contributed by atoms with Crippen LogP contribution in [0.15, 0.2) is 42.5 Å². The van der Waals surface area contributed by atoms with Crippen molar-refractivity contribution in [3.63, 3.8) is 0 Å². The number of anilines is 3. The van der Waals surface area contributed by atoms with Gasteiger partial charge >= 0.3 is 6.18 Å².